The van der Waals surface area contributed by atoms with Crippen molar-refractivity contribution in [3.05, 3.63) is 0 Å². The summed E-state index contributed by atoms with van der Waals surface area (Å²) in [5, 5.41) is 199. The van der Waals surface area contributed by atoms with Crippen molar-refractivity contribution in [2.24, 2.45) is 0 Å². The third kappa shape index (κ3) is 11.2. The van der Waals surface area contributed by atoms with E-state index in [1.807, 2.05) is 0 Å². The third-order valence-electron chi connectivity index (χ3n) is 12.3. The zero-order valence-corrected chi connectivity index (χ0v) is 35.0. The van der Waals surface area contributed by atoms with E-state index < -0.39 is 217 Å². The molecule has 6 aliphatic rings. The number of hydrogen-bond donors (Lipinski definition) is 19. The van der Waals surface area contributed by atoms with E-state index in [-0.39, 0.29) is 0 Å². The zero-order valence-electron chi connectivity index (χ0n) is 35.0. The van der Waals surface area contributed by atoms with Crippen molar-refractivity contribution in [1.82, 2.24) is 0 Å². The van der Waals surface area contributed by atoms with Crippen LogP contribution in [0.5, 0.6) is 0 Å². The molecule has 6 aliphatic heterocycles. The fourth-order valence-electron chi connectivity index (χ4n) is 8.29. The molecule has 6 fully saturated rings. The molecule has 0 amide bonds. The van der Waals surface area contributed by atoms with Gasteiger partial charge >= 0.3 is 5.97 Å². The SMILES string of the molecule is C[C@@H]1O[C@@H](O[C@@H]2[C@@H](O[C@H]3[C@@H](O)[C@H](O)[C@@H](CO[C@@H]4O[C@@H]([C@H](O)CO)[C@H](O)[C@H]4O[C@H]4O[C@H](C(=O)O)[C@@H](O[C@@H]5O[C@H](CO)[C@@H](O)[C@H](O)[C@@H]5O)[C@H](O)[C@H]4O)O[C@@H]3O)O[C@H](CO)[C@@H](O)[C@@H]2O)[C@H](O)[C@H](O)[C@H]1O. The molecule has 390 valence electrons. The van der Waals surface area contributed by atoms with Crippen LogP contribution in [0.15, 0.2) is 0 Å². The van der Waals surface area contributed by atoms with Gasteiger partial charge in [-0.05, 0) is 6.92 Å². The molecule has 0 aromatic carbocycles. The topological polar surface area (TPSA) is 503 Å². The van der Waals surface area contributed by atoms with Gasteiger partial charge in [0.15, 0.2) is 43.8 Å². The van der Waals surface area contributed by atoms with Gasteiger partial charge in [0.1, 0.15) is 134 Å². The minimum Gasteiger partial charge on any atom is -0.479 e. The van der Waals surface area contributed by atoms with Gasteiger partial charge in [-0.25, -0.2) is 4.79 Å². The van der Waals surface area contributed by atoms with Crippen LogP contribution in [0.3, 0.4) is 0 Å². The van der Waals surface area contributed by atoms with Gasteiger partial charge < -0.3 is 149 Å². The smallest absolute Gasteiger partial charge is 0.335 e. The summed E-state index contributed by atoms with van der Waals surface area (Å²) >= 11 is 0. The second-order valence-electron chi connectivity index (χ2n) is 16.8. The molecule has 6 saturated heterocycles. The summed E-state index contributed by atoms with van der Waals surface area (Å²) in [6.45, 7) is -2.43. The minimum absolute atomic E-state index is 0.903. The van der Waals surface area contributed by atoms with Crippen LogP contribution in [0.25, 0.3) is 0 Å². The van der Waals surface area contributed by atoms with Gasteiger partial charge in [-0.2, -0.15) is 0 Å². The van der Waals surface area contributed by atoms with Crippen LogP contribution in [0, 0.1) is 0 Å². The Morgan fingerprint density at radius 3 is 1.49 bits per heavy atom. The van der Waals surface area contributed by atoms with Crippen molar-refractivity contribution in [2.45, 2.75) is 191 Å². The van der Waals surface area contributed by atoms with E-state index in [0.717, 1.165) is 0 Å². The van der Waals surface area contributed by atoms with E-state index in [4.69, 9.17) is 52.1 Å². The monoisotopic (exact) mass is 988 g/mol. The first-order chi connectivity index (χ1) is 31.6. The highest BCUT2D eigenvalue weighted by Gasteiger charge is 2.58. The van der Waals surface area contributed by atoms with E-state index in [1.54, 1.807) is 0 Å². The second kappa shape index (κ2) is 22.8. The summed E-state index contributed by atoms with van der Waals surface area (Å²) in [4.78, 5) is 12.4. The summed E-state index contributed by atoms with van der Waals surface area (Å²) in [6, 6.07) is 0. The number of aliphatic carboxylic acids is 1. The van der Waals surface area contributed by atoms with Gasteiger partial charge in [-0.1, -0.05) is 0 Å². The predicted molar refractivity (Wildman–Crippen MR) is 198 cm³/mol. The van der Waals surface area contributed by atoms with Crippen LogP contribution in [0.2, 0.25) is 0 Å². The lowest BCUT2D eigenvalue weighted by atomic mass is 9.96. The summed E-state index contributed by atoms with van der Waals surface area (Å²) in [5.74, 6) is -1.87. The molecule has 0 saturated carbocycles. The number of aliphatic hydroxyl groups excluding tert-OH is 18. The molecule has 19 N–H and O–H groups in total. The number of carbonyl (C=O) groups is 1. The maximum atomic E-state index is 12.4. The van der Waals surface area contributed by atoms with Gasteiger partial charge in [0.25, 0.3) is 0 Å². The molecule has 0 bridgehead atoms. The molecule has 0 aromatic rings. The van der Waals surface area contributed by atoms with Crippen LogP contribution in [0.1, 0.15) is 6.92 Å². The van der Waals surface area contributed by atoms with Gasteiger partial charge in [0.2, 0.25) is 0 Å². The molecular formula is C36H60O31. The highest BCUT2D eigenvalue weighted by molar-refractivity contribution is 5.73. The zero-order chi connectivity index (χ0) is 49.5. The molecular weight excluding hydrogens is 928 g/mol. The average Bonchev–Trinajstić information content (AvgIpc) is 3.61. The first-order valence-corrected chi connectivity index (χ1v) is 21.0. The van der Waals surface area contributed by atoms with E-state index in [0.29, 0.717) is 0 Å². The van der Waals surface area contributed by atoms with Crippen LogP contribution < -0.4 is 0 Å². The van der Waals surface area contributed by atoms with Crippen molar-refractivity contribution in [3.8, 4) is 0 Å². The number of carboxylic acid groups (broad SMARTS) is 1. The maximum absolute atomic E-state index is 12.4. The maximum Gasteiger partial charge on any atom is 0.335 e. The lowest BCUT2D eigenvalue weighted by molar-refractivity contribution is -0.390. The van der Waals surface area contributed by atoms with E-state index in [9.17, 15) is 102 Å². The van der Waals surface area contributed by atoms with E-state index in [2.05, 4.69) is 0 Å². The Labute approximate surface area is 377 Å². The predicted octanol–water partition coefficient (Wildman–Crippen LogP) is -13.0. The van der Waals surface area contributed by atoms with Crippen LogP contribution in [0.4, 0.5) is 0 Å². The molecule has 6 rings (SSSR count). The first kappa shape index (κ1) is 54.6. The number of rotatable bonds is 16. The second-order valence-corrected chi connectivity index (χ2v) is 16.8. The van der Waals surface area contributed by atoms with Crippen molar-refractivity contribution in [3.63, 3.8) is 0 Å². The summed E-state index contributed by atoms with van der Waals surface area (Å²) in [7, 11) is 0. The number of carboxylic acids is 1. The van der Waals surface area contributed by atoms with E-state index >= 15 is 0 Å². The Morgan fingerprint density at radius 1 is 0.463 bits per heavy atom. The number of hydrogen-bond acceptors (Lipinski definition) is 30. The Hall–Kier alpha value is -1.69. The molecule has 6 heterocycles. The molecule has 0 radical (unpaired) electrons. The molecule has 0 aromatic heterocycles. The normalized spacial score (nSPS) is 52.5. The van der Waals surface area contributed by atoms with Crippen LogP contribution >= 0.6 is 0 Å². The first-order valence-electron chi connectivity index (χ1n) is 21.0. The molecule has 31 heteroatoms. The van der Waals surface area contributed by atoms with Crippen molar-refractivity contribution >= 4 is 5.97 Å². The molecule has 31 nitrogen and oxygen atoms in total. The fraction of sp³-hybridized carbons (Fsp3) is 0.972. The van der Waals surface area contributed by atoms with Crippen molar-refractivity contribution in [2.75, 3.05) is 26.4 Å². The Bertz CT molecular complexity index is 1570. The molecule has 67 heavy (non-hydrogen) atoms. The molecule has 0 unspecified atom stereocenters. The third-order valence-corrected chi connectivity index (χ3v) is 12.3. The lowest BCUT2D eigenvalue weighted by Crippen LogP contribution is -2.66. The van der Waals surface area contributed by atoms with Gasteiger partial charge in [0, 0.05) is 0 Å². The summed E-state index contributed by atoms with van der Waals surface area (Å²) in [5.41, 5.74) is 0. The summed E-state index contributed by atoms with van der Waals surface area (Å²) < 4.78 is 60.4. The quantitative estimate of drug-likeness (QED) is 0.0683. The highest BCUT2D eigenvalue weighted by Crippen LogP contribution is 2.36. The molecule has 30 atom stereocenters. The Morgan fingerprint density at radius 2 is 0.910 bits per heavy atom. The lowest BCUT2D eigenvalue weighted by Gasteiger charge is -2.48. The molecule has 0 spiro atoms. The average molecular weight is 989 g/mol. The Kier molecular flexibility index (Phi) is 18.6. The largest absolute Gasteiger partial charge is 0.479 e. The van der Waals surface area contributed by atoms with Crippen molar-refractivity contribution in [1.29, 1.82) is 0 Å². The van der Waals surface area contributed by atoms with Crippen LogP contribution in [-0.2, 0) is 56.9 Å². The molecule has 0 aliphatic carbocycles. The fourth-order valence-corrected chi connectivity index (χ4v) is 8.29. The van der Waals surface area contributed by atoms with Gasteiger partial charge in [0.05, 0.1) is 32.5 Å². The highest BCUT2D eigenvalue weighted by atomic mass is 16.8. The summed E-state index contributed by atoms with van der Waals surface area (Å²) in [6.07, 6.45) is -58.0. The standard InChI is InChI=1S/C36H60O31/c1-6-11(41)15(45)20(50)32(58-6)65-27-18(48)13(43)9(4-39)61-36(27)64-26-17(47)14(44)10(59-31(26)56)5-57-35-28(23(53)24(62-35)7(40)2-37)66-34-22(52)19(49)25(29(67-34)30(54)55)63-33-21(51)16(46)12(42)8(3-38)60-33/h6-29,31-53,56H,2-5H2,1H3,(H,54,55)/t6-,7+,8+,9+,10+,11-,12+,13+,14+,15+,16-,17-,18-,19+,20+,21-,22+,23-,24-,25-,26-,27-,28+,29-,31-,32-,33-,34-,35+,36+/m0/s1. The number of aliphatic hydroxyl groups is 18. The Balaban J connectivity index is 1.13. The van der Waals surface area contributed by atoms with Crippen LogP contribution in [-0.4, -0.2) is 314 Å². The number of ether oxygens (including phenoxy) is 11. The van der Waals surface area contributed by atoms with Gasteiger partial charge in [-0.15, -0.1) is 0 Å². The minimum atomic E-state index is -2.30. The van der Waals surface area contributed by atoms with Gasteiger partial charge in [-0.3, -0.25) is 0 Å². The van der Waals surface area contributed by atoms with Crippen molar-refractivity contribution < 1.29 is 154 Å². The van der Waals surface area contributed by atoms with E-state index in [1.165, 1.54) is 6.92 Å².